The van der Waals surface area contributed by atoms with E-state index in [0.29, 0.717) is 11.4 Å². The molecule has 1 N–H and O–H groups in total. The molecule has 2 aromatic carbocycles. The summed E-state index contributed by atoms with van der Waals surface area (Å²) in [6.45, 7) is 0.786. The molecule has 1 saturated heterocycles. The minimum atomic E-state index is -0.733. The smallest absolute Gasteiger partial charge is 0.320 e. The number of halogens is 1. The summed E-state index contributed by atoms with van der Waals surface area (Å²) in [7, 11) is 0. The zero-order chi connectivity index (χ0) is 18.1. The highest BCUT2D eigenvalue weighted by molar-refractivity contribution is 7.17. The number of carboxylic acids is 1. The summed E-state index contributed by atoms with van der Waals surface area (Å²) in [5.74, 6) is -0.733. The van der Waals surface area contributed by atoms with Crippen LogP contribution in [0.5, 0.6) is 0 Å². The number of rotatable bonds is 4. The van der Waals surface area contributed by atoms with E-state index in [-0.39, 0.29) is 6.04 Å². The van der Waals surface area contributed by atoms with Gasteiger partial charge in [0.25, 0.3) is 0 Å². The highest BCUT2D eigenvalue weighted by Crippen LogP contribution is 2.40. The number of nitrogens with zero attached hydrogens (tertiary/aromatic N) is 1. The average Bonchev–Trinajstić information content (AvgIpc) is 3.08. The van der Waals surface area contributed by atoms with Crippen molar-refractivity contribution in [3.8, 4) is 0 Å². The highest BCUT2D eigenvalue weighted by Gasteiger charge is 2.36. The van der Waals surface area contributed by atoms with Crippen LogP contribution in [-0.2, 0) is 4.79 Å². The van der Waals surface area contributed by atoms with Gasteiger partial charge in [-0.25, -0.2) is 0 Å². The molecule has 0 bridgehead atoms. The largest absolute Gasteiger partial charge is 0.480 e. The van der Waals surface area contributed by atoms with E-state index in [2.05, 4.69) is 22.4 Å². The molecule has 2 unspecified atom stereocenters. The number of hydrogen-bond acceptors (Lipinski definition) is 3. The molecule has 3 aromatic rings. The molecule has 0 amide bonds. The van der Waals surface area contributed by atoms with Crippen LogP contribution < -0.4 is 0 Å². The fourth-order valence-electron chi connectivity index (χ4n) is 3.93. The molecular weight excluding hydrogens is 366 g/mol. The second-order valence-corrected chi connectivity index (χ2v) is 8.08. The Morgan fingerprint density at radius 3 is 2.69 bits per heavy atom. The van der Waals surface area contributed by atoms with E-state index < -0.39 is 12.0 Å². The van der Waals surface area contributed by atoms with Gasteiger partial charge in [0.15, 0.2) is 0 Å². The molecule has 0 radical (unpaired) electrons. The monoisotopic (exact) mass is 385 g/mol. The van der Waals surface area contributed by atoms with Gasteiger partial charge in [0.2, 0.25) is 0 Å². The normalized spacial score (nSPS) is 19.5. The Balaban J connectivity index is 1.86. The van der Waals surface area contributed by atoms with Crippen molar-refractivity contribution in [3.05, 3.63) is 70.1 Å². The SMILES string of the molecule is O=C(O)C1CCCCN1C(c1ccc(Cl)cc1)c1csc2ccccc12. The van der Waals surface area contributed by atoms with Gasteiger partial charge in [-0.1, -0.05) is 48.4 Å². The van der Waals surface area contributed by atoms with Crippen LogP contribution in [0.4, 0.5) is 0 Å². The second-order valence-electron chi connectivity index (χ2n) is 6.73. The molecule has 1 fully saturated rings. The number of likely N-dealkylation sites (tertiary alicyclic amines) is 1. The molecule has 26 heavy (non-hydrogen) atoms. The van der Waals surface area contributed by atoms with Crippen LogP contribution in [-0.4, -0.2) is 28.6 Å². The summed E-state index contributed by atoms with van der Waals surface area (Å²) in [5, 5.41) is 13.9. The third-order valence-corrected chi connectivity index (χ3v) is 6.39. The maximum Gasteiger partial charge on any atom is 0.320 e. The maximum atomic E-state index is 11.9. The fraction of sp³-hybridized carbons (Fsp3) is 0.286. The molecular formula is C21H20ClNO2S. The lowest BCUT2D eigenvalue weighted by molar-refractivity contribution is -0.145. The lowest BCUT2D eigenvalue weighted by Gasteiger charge is -2.39. The van der Waals surface area contributed by atoms with Gasteiger partial charge in [-0.05, 0) is 59.5 Å². The van der Waals surface area contributed by atoms with Crippen molar-refractivity contribution < 1.29 is 9.90 Å². The summed E-state index contributed by atoms with van der Waals surface area (Å²) in [6.07, 6.45) is 2.68. The third-order valence-electron chi connectivity index (χ3n) is 5.15. The summed E-state index contributed by atoms with van der Waals surface area (Å²) >= 11 is 7.81. The number of thiophene rings is 1. The van der Waals surface area contributed by atoms with Crippen molar-refractivity contribution in [3.63, 3.8) is 0 Å². The summed E-state index contributed by atoms with van der Waals surface area (Å²) < 4.78 is 1.23. The van der Waals surface area contributed by atoms with Crippen LogP contribution in [0, 0.1) is 0 Å². The standard InChI is InChI=1S/C21H20ClNO2S/c22-15-10-8-14(9-11-15)20(23-12-4-3-6-18(23)21(24)25)17-13-26-19-7-2-1-5-16(17)19/h1-2,5,7-11,13,18,20H,3-4,6,12H2,(H,24,25). The van der Waals surface area contributed by atoms with E-state index in [1.165, 1.54) is 15.6 Å². The molecule has 0 aliphatic carbocycles. The highest BCUT2D eigenvalue weighted by atomic mass is 35.5. The third kappa shape index (κ3) is 3.25. The Hall–Kier alpha value is -1.88. The first kappa shape index (κ1) is 17.5. The van der Waals surface area contributed by atoms with Gasteiger partial charge < -0.3 is 5.11 Å². The zero-order valence-electron chi connectivity index (χ0n) is 14.3. The Morgan fingerprint density at radius 1 is 1.15 bits per heavy atom. The number of carboxylic acid groups (broad SMARTS) is 1. The molecule has 3 nitrogen and oxygen atoms in total. The first-order chi connectivity index (χ1) is 12.6. The van der Waals surface area contributed by atoms with Crippen LogP contribution in [0.1, 0.15) is 36.4 Å². The first-order valence-corrected chi connectivity index (χ1v) is 10.1. The van der Waals surface area contributed by atoms with Gasteiger partial charge in [0.1, 0.15) is 6.04 Å². The van der Waals surface area contributed by atoms with Gasteiger partial charge >= 0.3 is 5.97 Å². The molecule has 4 rings (SSSR count). The maximum absolute atomic E-state index is 11.9. The van der Waals surface area contributed by atoms with Crippen LogP contribution in [0.15, 0.2) is 53.9 Å². The number of aliphatic carboxylic acids is 1. The zero-order valence-corrected chi connectivity index (χ0v) is 15.8. The van der Waals surface area contributed by atoms with Crippen LogP contribution in [0.3, 0.4) is 0 Å². The van der Waals surface area contributed by atoms with Gasteiger partial charge in [-0.2, -0.15) is 0 Å². The quantitative estimate of drug-likeness (QED) is 0.637. The van der Waals surface area contributed by atoms with Gasteiger partial charge in [-0.3, -0.25) is 9.69 Å². The van der Waals surface area contributed by atoms with Gasteiger partial charge in [0, 0.05) is 9.72 Å². The van der Waals surface area contributed by atoms with E-state index in [9.17, 15) is 9.90 Å². The molecule has 1 aliphatic heterocycles. The van der Waals surface area contributed by atoms with E-state index in [1.807, 2.05) is 36.4 Å². The number of hydrogen-bond donors (Lipinski definition) is 1. The van der Waals surface area contributed by atoms with E-state index in [4.69, 9.17) is 11.6 Å². The topological polar surface area (TPSA) is 40.5 Å². The van der Waals surface area contributed by atoms with Gasteiger partial charge in [-0.15, -0.1) is 11.3 Å². The number of piperidine rings is 1. The average molecular weight is 386 g/mol. The Kier molecular flexibility index (Phi) is 4.98. The molecule has 0 saturated carbocycles. The molecule has 1 aromatic heterocycles. The molecule has 134 valence electrons. The van der Waals surface area contributed by atoms with E-state index in [0.717, 1.165) is 24.9 Å². The Morgan fingerprint density at radius 2 is 1.92 bits per heavy atom. The first-order valence-electron chi connectivity index (χ1n) is 8.85. The van der Waals surface area contributed by atoms with E-state index in [1.54, 1.807) is 11.3 Å². The predicted molar refractivity (Wildman–Crippen MR) is 107 cm³/mol. The van der Waals surface area contributed by atoms with Crippen molar-refractivity contribution in [1.82, 2.24) is 4.90 Å². The number of benzene rings is 2. The second kappa shape index (κ2) is 7.39. The lowest BCUT2D eigenvalue weighted by Crippen LogP contribution is -2.46. The van der Waals surface area contributed by atoms with Crippen molar-refractivity contribution in [2.24, 2.45) is 0 Å². The number of carbonyl (C=O) groups is 1. The minimum Gasteiger partial charge on any atom is -0.480 e. The Bertz CT molecular complexity index is 921. The fourth-order valence-corrected chi connectivity index (χ4v) is 5.04. The molecule has 5 heteroatoms. The molecule has 2 heterocycles. The lowest BCUT2D eigenvalue weighted by atomic mass is 9.91. The summed E-state index contributed by atoms with van der Waals surface area (Å²) in [6, 6.07) is 15.6. The minimum absolute atomic E-state index is 0.0789. The Labute approximate surface area is 161 Å². The molecule has 2 atom stereocenters. The van der Waals surface area contributed by atoms with Crippen LogP contribution in [0.2, 0.25) is 5.02 Å². The van der Waals surface area contributed by atoms with Crippen molar-refractivity contribution in [1.29, 1.82) is 0 Å². The van der Waals surface area contributed by atoms with Crippen LogP contribution in [0.25, 0.3) is 10.1 Å². The summed E-state index contributed by atoms with van der Waals surface area (Å²) in [5.41, 5.74) is 2.27. The van der Waals surface area contributed by atoms with Crippen molar-refractivity contribution in [2.45, 2.75) is 31.3 Å². The van der Waals surface area contributed by atoms with Gasteiger partial charge in [0.05, 0.1) is 6.04 Å². The molecule has 0 spiro atoms. The summed E-state index contributed by atoms with van der Waals surface area (Å²) in [4.78, 5) is 14.1. The van der Waals surface area contributed by atoms with E-state index >= 15 is 0 Å². The van der Waals surface area contributed by atoms with Crippen molar-refractivity contribution >= 4 is 39.0 Å². The van der Waals surface area contributed by atoms with Crippen LogP contribution >= 0.6 is 22.9 Å². The number of fused-ring (bicyclic) bond motifs is 1. The molecule has 1 aliphatic rings. The van der Waals surface area contributed by atoms with Crippen molar-refractivity contribution in [2.75, 3.05) is 6.54 Å². The predicted octanol–water partition coefficient (Wildman–Crippen LogP) is 5.58.